The maximum atomic E-state index is 12.4. The molecule has 1 aromatic heterocycles. The average Bonchev–Trinajstić information content (AvgIpc) is 2.95. The molecule has 3 aromatic rings. The third kappa shape index (κ3) is 1.91. The molecule has 1 heterocycles. The van der Waals surface area contributed by atoms with E-state index in [0.29, 0.717) is 22.2 Å². The highest BCUT2D eigenvalue weighted by Gasteiger charge is 2.15. The van der Waals surface area contributed by atoms with Gasteiger partial charge in [0.25, 0.3) is 5.69 Å². The van der Waals surface area contributed by atoms with Gasteiger partial charge in [0.2, 0.25) is 0 Å². The van der Waals surface area contributed by atoms with E-state index in [9.17, 15) is 14.9 Å². The fourth-order valence-corrected chi connectivity index (χ4v) is 1.94. The predicted molar refractivity (Wildman–Crippen MR) is 70.4 cm³/mol. The first-order valence-corrected chi connectivity index (χ1v) is 5.75. The number of rotatable bonds is 3. The van der Waals surface area contributed by atoms with Gasteiger partial charge in [0.05, 0.1) is 10.5 Å². The molecule has 0 unspecified atom stereocenters. The lowest BCUT2D eigenvalue weighted by Gasteiger charge is -2.01. The van der Waals surface area contributed by atoms with Gasteiger partial charge < -0.3 is 0 Å². The Kier molecular flexibility index (Phi) is 2.72. The van der Waals surface area contributed by atoms with Gasteiger partial charge in [-0.2, -0.15) is 15.4 Å². The summed E-state index contributed by atoms with van der Waals surface area (Å²) in [5.74, 6) is -0.251. The van der Waals surface area contributed by atoms with Crippen LogP contribution < -0.4 is 0 Å². The lowest BCUT2D eigenvalue weighted by Crippen LogP contribution is -2.02. The minimum Gasteiger partial charge on any atom is -0.289 e. The molecule has 0 saturated heterocycles. The van der Waals surface area contributed by atoms with Crippen LogP contribution in [0.1, 0.15) is 15.9 Å². The molecule has 1 N–H and O–H groups in total. The minimum absolute atomic E-state index is 0.0544. The summed E-state index contributed by atoms with van der Waals surface area (Å²) in [6, 6.07) is 10.6. The number of hydrogen-bond acceptors (Lipinski definition) is 5. The fourth-order valence-electron chi connectivity index (χ4n) is 1.94. The average molecular weight is 268 g/mol. The van der Waals surface area contributed by atoms with Crippen LogP contribution in [0.5, 0.6) is 0 Å². The van der Waals surface area contributed by atoms with Gasteiger partial charge >= 0.3 is 0 Å². The van der Waals surface area contributed by atoms with E-state index in [1.54, 1.807) is 18.2 Å². The van der Waals surface area contributed by atoms with Crippen molar-refractivity contribution in [2.24, 2.45) is 0 Å². The first-order valence-electron chi connectivity index (χ1n) is 5.75. The van der Waals surface area contributed by atoms with Gasteiger partial charge in [0.1, 0.15) is 11.0 Å². The van der Waals surface area contributed by atoms with Gasteiger partial charge in [0, 0.05) is 17.7 Å². The number of nitro benzene ring substituents is 1. The van der Waals surface area contributed by atoms with E-state index in [0.717, 1.165) is 0 Å². The minimum atomic E-state index is -0.507. The molecular formula is C13H8N4O3. The molecule has 7 heteroatoms. The van der Waals surface area contributed by atoms with Crippen LogP contribution >= 0.6 is 0 Å². The highest BCUT2D eigenvalue weighted by atomic mass is 16.6. The molecule has 2 aromatic carbocycles. The monoisotopic (exact) mass is 268 g/mol. The number of carbonyl (C=O) groups excluding carboxylic acids is 1. The first-order chi connectivity index (χ1) is 9.66. The predicted octanol–water partition coefficient (Wildman–Crippen LogP) is 2.10. The van der Waals surface area contributed by atoms with Crippen LogP contribution in [-0.4, -0.2) is 26.1 Å². The van der Waals surface area contributed by atoms with Gasteiger partial charge in [0.15, 0.2) is 5.78 Å². The molecule has 0 aliphatic carbocycles. The molecule has 0 saturated carbocycles. The van der Waals surface area contributed by atoms with Crippen molar-refractivity contribution in [3.8, 4) is 0 Å². The Morgan fingerprint density at radius 2 is 1.85 bits per heavy atom. The van der Waals surface area contributed by atoms with Crippen molar-refractivity contribution < 1.29 is 9.72 Å². The molecule has 20 heavy (non-hydrogen) atoms. The summed E-state index contributed by atoms with van der Waals surface area (Å²) in [5.41, 5.74) is 1.80. The lowest BCUT2D eigenvalue weighted by molar-refractivity contribution is -0.384. The third-order valence-corrected chi connectivity index (χ3v) is 2.93. The standard InChI is InChI=1S/C13H8N4O3/c18-13(8-4-6-9(7-5-8)17(19)20)10-2-1-3-11-12(10)15-16-14-11/h1-7H,(H,14,15,16). The second-order valence-electron chi connectivity index (χ2n) is 4.13. The van der Waals surface area contributed by atoms with E-state index < -0.39 is 4.92 Å². The summed E-state index contributed by atoms with van der Waals surface area (Å²) in [5, 5.41) is 20.9. The molecule has 0 radical (unpaired) electrons. The van der Waals surface area contributed by atoms with Crippen molar-refractivity contribution in [3.63, 3.8) is 0 Å². The van der Waals surface area contributed by atoms with Crippen molar-refractivity contribution >= 4 is 22.5 Å². The Balaban J connectivity index is 2.04. The highest BCUT2D eigenvalue weighted by Crippen LogP contribution is 2.19. The van der Waals surface area contributed by atoms with Crippen LogP contribution in [0.3, 0.4) is 0 Å². The maximum Gasteiger partial charge on any atom is 0.269 e. The fraction of sp³-hybridized carbons (Fsp3) is 0. The van der Waals surface area contributed by atoms with Crippen molar-refractivity contribution in [2.75, 3.05) is 0 Å². The molecule has 0 aliphatic heterocycles. The number of fused-ring (bicyclic) bond motifs is 1. The molecule has 98 valence electrons. The van der Waals surface area contributed by atoms with Gasteiger partial charge in [-0.05, 0) is 24.3 Å². The maximum absolute atomic E-state index is 12.4. The number of nitrogens with one attached hydrogen (secondary N) is 1. The number of para-hydroxylation sites is 1. The van der Waals surface area contributed by atoms with Gasteiger partial charge in [-0.3, -0.25) is 14.9 Å². The van der Waals surface area contributed by atoms with Crippen molar-refractivity contribution in [3.05, 3.63) is 63.7 Å². The summed E-state index contributed by atoms with van der Waals surface area (Å²) in [6.45, 7) is 0. The summed E-state index contributed by atoms with van der Waals surface area (Å²) < 4.78 is 0. The highest BCUT2D eigenvalue weighted by molar-refractivity contribution is 6.15. The zero-order chi connectivity index (χ0) is 14.1. The lowest BCUT2D eigenvalue weighted by atomic mass is 10.0. The number of hydrogen-bond donors (Lipinski definition) is 1. The van der Waals surface area contributed by atoms with E-state index in [1.807, 2.05) is 0 Å². The second kappa shape index (κ2) is 4.54. The number of benzene rings is 2. The first kappa shape index (κ1) is 12.0. The zero-order valence-corrected chi connectivity index (χ0v) is 10.1. The van der Waals surface area contributed by atoms with Gasteiger partial charge in [-0.25, -0.2) is 0 Å². The summed E-state index contributed by atoms with van der Waals surface area (Å²) in [6.07, 6.45) is 0. The number of ketones is 1. The molecule has 0 spiro atoms. The number of aromatic amines is 1. The Labute approximate surface area is 112 Å². The van der Waals surface area contributed by atoms with Gasteiger partial charge in [-0.1, -0.05) is 6.07 Å². The number of nitrogens with zero attached hydrogens (tertiary/aromatic N) is 3. The molecule has 0 aliphatic rings. The number of nitro groups is 1. The number of non-ortho nitro benzene ring substituents is 1. The Morgan fingerprint density at radius 3 is 2.55 bits per heavy atom. The van der Waals surface area contributed by atoms with Crippen LogP contribution in [0, 0.1) is 10.1 Å². The molecule has 0 atom stereocenters. The van der Waals surface area contributed by atoms with E-state index in [-0.39, 0.29) is 11.5 Å². The quantitative estimate of drug-likeness (QED) is 0.445. The van der Waals surface area contributed by atoms with E-state index in [1.165, 1.54) is 24.3 Å². The Hall–Kier alpha value is -3.09. The van der Waals surface area contributed by atoms with E-state index >= 15 is 0 Å². The van der Waals surface area contributed by atoms with Gasteiger partial charge in [-0.15, -0.1) is 0 Å². The number of H-pyrrole nitrogens is 1. The van der Waals surface area contributed by atoms with Crippen LogP contribution in [0.25, 0.3) is 11.0 Å². The van der Waals surface area contributed by atoms with Crippen LogP contribution in [0.15, 0.2) is 42.5 Å². The summed E-state index contributed by atoms with van der Waals surface area (Å²) >= 11 is 0. The Morgan fingerprint density at radius 1 is 1.10 bits per heavy atom. The Bertz CT molecular complexity index is 808. The van der Waals surface area contributed by atoms with E-state index in [4.69, 9.17) is 0 Å². The van der Waals surface area contributed by atoms with E-state index in [2.05, 4.69) is 15.4 Å². The number of aromatic nitrogens is 3. The van der Waals surface area contributed by atoms with Crippen molar-refractivity contribution in [2.45, 2.75) is 0 Å². The smallest absolute Gasteiger partial charge is 0.269 e. The molecular weight excluding hydrogens is 260 g/mol. The number of carbonyl (C=O) groups is 1. The topological polar surface area (TPSA) is 102 Å². The van der Waals surface area contributed by atoms with Crippen LogP contribution in [0.2, 0.25) is 0 Å². The van der Waals surface area contributed by atoms with Crippen LogP contribution in [0.4, 0.5) is 5.69 Å². The van der Waals surface area contributed by atoms with Crippen molar-refractivity contribution in [1.29, 1.82) is 0 Å². The molecule has 0 amide bonds. The molecule has 3 rings (SSSR count). The van der Waals surface area contributed by atoms with Crippen molar-refractivity contribution in [1.82, 2.24) is 15.4 Å². The summed E-state index contributed by atoms with van der Waals surface area (Å²) in [4.78, 5) is 22.5. The molecule has 0 fully saturated rings. The summed E-state index contributed by atoms with van der Waals surface area (Å²) in [7, 11) is 0. The third-order valence-electron chi connectivity index (χ3n) is 2.93. The SMILES string of the molecule is O=C(c1ccc([N+](=O)[O-])cc1)c1cccc2n[nH]nc12. The van der Waals surface area contributed by atoms with Crippen LogP contribution in [-0.2, 0) is 0 Å². The second-order valence-corrected chi connectivity index (χ2v) is 4.13. The normalized spacial score (nSPS) is 10.6. The molecule has 0 bridgehead atoms. The largest absolute Gasteiger partial charge is 0.289 e. The zero-order valence-electron chi connectivity index (χ0n) is 10.1. The molecule has 7 nitrogen and oxygen atoms in total.